The summed E-state index contributed by atoms with van der Waals surface area (Å²) in [5.74, 6) is 0.864. The molecule has 0 radical (unpaired) electrons. The molecule has 1 heterocycles. The fourth-order valence-electron chi connectivity index (χ4n) is 2.27. The van der Waals surface area contributed by atoms with Gasteiger partial charge in [-0.1, -0.05) is 12.1 Å². The lowest BCUT2D eigenvalue weighted by atomic mass is 9.90. The Morgan fingerprint density at radius 1 is 1.19 bits per heavy atom. The number of phenols is 1. The summed E-state index contributed by atoms with van der Waals surface area (Å²) in [6, 6.07) is 6.84. The first-order valence-electron chi connectivity index (χ1n) is 5.93. The molecule has 3 nitrogen and oxygen atoms in total. The van der Waals surface area contributed by atoms with Crippen LogP contribution in [-0.4, -0.2) is 23.3 Å². The van der Waals surface area contributed by atoms with E-state index in [1.165, 1.54) is 0 Å². The van der Waals surface area contributed by atoms with E-state index in [1.54, 1.807) is 24.3 Å². The molecule has 3 N–H and O–H groups in total. The number of hydrogen-bond acceptors (Lipinski definition) is 3. The number of hydrogen-bond donors (Lipinski definition) is 3. The van der Waals surface area contributed by atoms with Gasteiger partial charge in [-0.05, 0) is 56.0 Å². The number of rotatable bonds is 3. The largest absolute Gasteiger partial charge is 0.508 e. The monoisotopic (exact) mass is 221 g/mol. The number of aliphatic hydroxyl groups is 1. The van der Waals surface area contributed by atoms with Gasteiger partial charge < -0.3 is 15.5 Å². The van der Waals surface area contributed by atoms with E-state index in [-0.39, 0.29) is 5.75 Å². The second kappa shape index (κ2) is 5.32. The van der Waals surface area contributed by atoms with E-state index in [4.69, 9.17) is 5.11 Å². The summed E-state index contributed by atoms with van der Waals surface area (Å²) < 4.78 is 0. The molecular weight excluding hydrogens is 202 g/mol. The predicted octanol–water partition coefficient (Wildman–Crippen LogP) is 1.82. The van der Waals surface area contributed by atoms with Crippen LogP contribution in [0.1, 0.15) is 30.9 Å². The highest BCUT2D eigenvalue weighted by Gasteiger charge is 2.18. The number of aromatic hydroxyl groups is 1. The average molecular weight is 221 g/mol. The van der Waals surface area contributed by atoms with Crippen LogP contribution in [0.15, 0.2) is 24.3 Å². The van der Waals surface area contributed by atoms with Gasteiger partial charge in [0.25, 0.3) is 0 Å². The Morgan fingerprint density at radius 3 is 2.44 bits per heavy atom. The van der Waals surface area contributed by atoms with Crippen molar-refractivity contribution in [1.29, 1.82) is 0 Å². The van der Waals surface area contributed by atoms with Gasteiger partial charge in [0.1, 0.15) is 5.75 Å². The molecule has 1 saturated heterocycles. The van der Waals surface area contributed by atoms with Crippen molar-refractivity contribution in [2.24, 2.45) is 5.92 Å². The lowest BCUT2D eigenvalue weighted by Gasteiger charge is -2.24. The minimum Gasteiger partial charge on any atom is -0.508 e. The van der Waals surface area contributed by atoms with E-state index in [2.05, 4.69) is 5.32 Å². The fourth-order valence-corrected chi connectivity index (χ4v) is 2.27. The van der Waals surface area contributed by atoms with Gasteiger partial charge in [-0.15, -0.1) is 0 Å². The minimum atomic E-state index is -0.399. The molecule has 1 fully saturated rings. The second-order valence-corrected chi connectivity index (χ2v) is 4.54. The molecule has 1 aliphatic heterocycles. The first kappa shape index (κ1) is 11.4. The van der Waals surface area contributed by atoms with Crippen molar-refractivity contribution in [3.05, 3.63) is 29.8 Å². The van der Waals surface area contributed by atoms with Gasteiger partial charge in [-0.25, -0.2) is 0 Å². The van der Waals surface area contributed by atoms with Crippen molar-refractivity contribution >= 4 is 0 Å². The predicted molar refractivity (Wildman–Crippen MR) is 63.3 cm³/mol. The van der Waals surface area contributed by atoms with Crippen LogP contribution in [-0.2, 0) is 0 Å². The third-order valence-corrected chi connectivity index (χ3v) is 3.29. The van der Waals surface area contributed by atoms with Gasteiger partial charge in [0.15, 0.2) is 0 Å². The van der Waals surface area contributed by atoms with Crippen molar-refractivity contribution in [2.75, 3.05) is 13.1 Å². The SMILES string of the molecule is Oc1ccc(C(O)CC2CCNCC2)cc1. The first-order valence-corrected chi connectivity index (χ1v) is 5.93. The highest BCUT2D eigenvalue weighted by molar-refractivity contribution is 5.27. The van der Waals surface area contributed by atoms with Crippen LogP contribution in [0.4, 0.5) is 0 Å². The summed E-state index contributed by atoms with van der Waals surface area (Å²) in [5.41, 5.74) is 0.899. The Bertz CT molecular complexity index is 317. The second-order valence-electron chi connectivity index (χ2n) is 4.54. The van der Waals surface area contributed by atoms with Gasteiger partial charge in [-0.2, -0.15) is 0 Å². The normalized spacial score (nSPS) is 19.6. The molecule has 16 heavy (non-hydrogen) atoms. The molecule has 0 spiro atoms. The Kier molecular flexibility index (Phi) is 3.80. The molecule has 2 rings (SSSR count). The minimum absolute atomic E-state index is 0.248. The highest BCUT2D eigenvalue weighted by Crippen LogP contribution is 2.27. The third-order valence-electron chi connectivity index (χ3n) is 3.29. The van der Waals surface area contributed by atoms with E-state index < -0.39 is 6.10 Å². The Hall–Kier alpha value is -1.06. The summed E-state index contributed by atoms with van der Waals surface area (Å²) in [5, 5.41) is 22.6. The molecule has 88 valence electrons. The van der Waals surface area contributed by atoms with Gasteiger partial charge in [-0.3, -0.25) is 0 Å². The maximum Gasteiger partial charge on any atom is 0.115 e. The zero-order valence-corrected chi connectivity index (χ0v) is 9.39. The topological polar surface area (TPSA) is 52.5 Å². The Labute approximate surface area is 96.1 Å². The summed E-state index contributed by atoms with van der Waals surface area (Å²) >= 11 is 0. The Morgan fingerprint density at radius 2 is 1.81 bits per heavy atom. The Balaban J connectivity index is 1.91. The zero-order valence-electron chi connectivity index (χ0n) is 9.39. The van der Waals surface area contributed by atoms with E-state index in [1.807, 2.05) is 0 Å². The molecule has 0 aromatic heterocycles. The zero-order chi connectivity index (χ0) is 11.4. The summed E-state index contributed by atoms with van der Waals surface area (Å²) in [4.78, 5) is 0. The molecule has 1 unspecified atom stereocenters. The number of aliphatic hydroxyl groups excluding tert-OH is 1. The van der Waals surface area contributed by atoms with E-state index in [0.29, 0.717) is 5.92 Å². The number of piperidine rings is 1. The van der Waals surface area contributed by atoms with Gasteiger partial charge in [0.2, 0.25) is 0 Å². The van der Waals surface area contributed by atoms with Crippen LogP contribution in [0.25, 0.3) is 0 Å². The van der Waals surface area contributed by atoms with Crippen LogP contribution in [0.2, 0.25) is 0 Å². The van der Waals surface area contributed by atoms with Crippen LogP contribution in [0, 0.1) is 5.92 Å². The van der Waals surface area contributed by atoms with Crippen LogP contribution < -0.4 is 5.32 Å². The van der Waals surface area contributed by atoms with Crippen LogP contribution in [0.3, 0.4) is 0 Å². The summed E-state index contributed by atoms with van der Waals surface area (Å²) in [6.07, 6.45) is 2.72. The first-order chi connectivity index (χ1) is 7.75. The quantitative estimate of drug-likeness (QED) is 0.729. The van der Waals surface area contributed by atoms with E-state index in [0.717, 1.165) is 37.9 Å². The summed E-state index contributed by atoms with van der Waals surface area (Å²) in [6.45, 7) is 2.12. The van der Waals surface area contributed by atoms with Gasteiger partial charge in [0.05, 0.1) is 6.10 Å². The third kappa shape index (κ3) is 2.97. The molecule has 1 aromatic rings. The molecule has 1 aromatic carbocycles. The number of phenolic OH excluding ortho intramolecular Hbond substituents is 1. The molecule has 0 amide bonds. The number of nitrogens with one attached hydrogen (secondary N) is 1. The molecule has 0 bridgehead atoms. The van der Waals surface area contributed by atoms with Crippen LogP contribution in [0.5, 0.6) is 5.75 Å². The van der Waals surface area contributed by atoms with Crippen molar-refractivity contribution in [3.63, 3.8) is 0 Å². The van der Waals surface area contributed by atoms with Crippen molar-refractivity contribution in [2.45, 2.75) is 25.4 Å². The fraction of sp³-hybridized carbons (Fsp3) is 0.538. The van der Waals surface area contributed by atoms with Crippen molar-refractivity contribution in [3.8, 4) is 5.75 Å². The molecule has 1 aliphatic rings. The standard InChI is InChI=1S/C13H19NO2/c15-12-3-1-11(2-4-12)13(16)9-10-5-7-14-8-6-10/h1-4,10,13-16H,5-9H2. The van der Waals surface area contributed by atoms with Crippen molar-refractivity contribution < 1.29 is 10.2 Å². The van der Waals surface area contributed by atoms with E-state index >= 15 is 0 Å². The maximum absolute atomic E-state index is 10.1. The summed E-state index contributed by atoms with van der Waals surface area (Å²) in [7, 11) is 0. The number of benzene rings is 1. The van der Waals surface area contributed by atoms with E-state index in [9.17, 15) is 5.11 Å². The van der Waals surface area contributed by atoms with Crippen molar-refractivity contribution in [1.82, 2.24) is 5.32 Å². The average Bonchev–Trinajstić information content (AvgIpc) is 2.31. The highest BCUT2D eigenvalue weighted by atomic mass is 16.3. The van der Waals surface area contributed by atoms with Crippen LogP contribution >= 0.6 is 0 Å². The molecule has 3 heteroatoms. The molecule has 0 saturated carbocycles. The van der Waals surface area contributed by atoms with Gasteiger partial charge in [0, 0.05) is 0 Å². The smallest absolute Gasteiger partial charge is 0.115 e. The molecule has 1 atom stereocenters. The lowest BCUT2D eigenvalue weighted by Crippen LogP contribution is -2.28. The molecular formula is C13H19NO2. The lowest BCUT2D eigenvalue weighted by molar-refractivity contribution is 0.133. The maximum atomic E-state index is 10.1. The molecule has 0 aliphatic carbocycles. The van der Waals surface area contributed by atoms with Gasteiger partial charge >= 0.3 is 0 Å².